The third-order valence-electron chi connectivity index (χ3n) is 9.03. The number of nitrogens with zero attached hydrogens (tertiary/aromatic N) is 4. The largest absolute Gasteiger partial charge is 0.488 e. The molecular weight excluding hydrogens is 878 g/mol. The normalized spacial score (nSPS) is 10.3. The third kappa shape index (κ3) is 13.0. The van der Waals surface area contributed by atoms with E-state index in [0.717, 1.165) is 16.7 Å². The molecule has 0 amide bonds. The van der Waals surface area contributed by atoms with E-state index in [4.69, 9.17) is 59.4 Å². The Morgan fingerprint density at radius 1 is 0.500 bits per heavy atom. The molecule has 0 aliphatic heterocycles. The van der Waals surface area contributed by atoms with Crippen LogP contribution in [0.3, 0.4) is 0 Å². The lowest BCUT2D eigenvalue weighted by atomic mass is 9.80. The minimum Gasteiger partial charge on any atom is -0.488 e. The molecule has 0 radical (unpaired) electrons. The van der Waals surface area contributed by atoms with Gasteiger partial charge in [0.05, 0.1) is 16.8 Å². The number of aromatic carboxylic acids is 2. The van der Waals surface area contributed by atoms with Crippen LogP contribution in [-0.4, -0.2) is 59.3 Å². The Kier molecular flexibility index (Phi) is 16.5. The standard InChI is InChI=1S/C24H17ClN2O3.C17H12Cl2N2O.C7H7BO4/c25-19-9-10-21(30-15-16-5-2-1-3-6-16)20(14-19)23-22(26-11-12-27-23)17-7-4-8-18(13-17)24(28)29;18-13-6-7-15(22-11-12-4-2-1-3-5-12)14(10-13)16-17(19)21-9-8-20-16;9-7(10)5-2-1-3-6(4-5)8(11)12/h1-14H,15H2,(H,28,29);1-10H,11H2;1-4,11-12H,(H,9,10). The maximum Gasteiger partial charge on any atom is 0.488 e. The summed E-state index contributed by atoms with van der Waals surface area (Å²) in [7, 11) is -1.62. The van der Waals surface area contributed by atoms with Crippen molar-refractivity contribution in [1.29, 1.82) is 0 Å². The molecule has 64 heavy (non-hydrogen) atoms. The van der Waals surface area contributed by atoms with E-state index >= 15 is 0 Å². The molecule has 6 aromatic carbocycles. The number of aromatic nitrogens is 4. The summed E-state index contributed by atoms with van der Waals surface area (Å²) in [6.45, 7) is 0.840. The first-order valence-electron chi connectivity index (χ1n) is 19.2. The Labute approximate surface area is 383 Å². The molecule has 2 heterocycles. The fraction of sp³-hybridized carbons (Fsp3) is 0.0417. The summed E-state index contributed by atoms with van der Waals surface area (Å²) in [6.07, 6.45) is 6.28. The predicted octanol–water partition coefficient (Wildman–Crippen LogP) is 9.84. The molecule has 320 valence electrons. The van der Waals surface area contributed by atoms with Crippen molar-refractivity contribution in [2.45, 2.75) is 13.2 Å². The van der Waals surface area contributed by atoms with Crippen LogP contribution in [0, 0.1) is 0 Å². The number of halogens is 3. The molecule has 0 atom stereocenters. The van der Waals surface area contributed by atoms with E-state index in [0.29, 0.717) is 68.1 Å². The fourth-order valence-corrected chi connectivity index (χ4v) is 6.53. The second-order valence-electron chi connectivity index (χ2n) is 13.5. The Morgan fingerprint density at radius 2 is 0.969 bits per heavy atom. The van der Waals surface area contributed by atoms with Crippen molar-refractivity contribution in [3.8, 4) is 45.3 Å². The Bertz CT molecular complexity index is 2840. The van der Waals surface area contributed by atoms with E-state index in [9.17, 15) is 14.7 Å². The smallest absolute Gasteiger partial charge is 0.488 e. The maximum absolute atomic E-state index is 11.4. The fourth-order valence-electron chi connectivity index (χ4n) is 5.98. The van der Waals surface area contributed by atoms with Gasteiger partial charge in [-0.1, -0.05) is 120 Å². The van der Waals surface area contributed by atoms with Gasteiger partial charge in [0.15, 0.2) is 5.15 Å². The summed E-state index contributed by atoms with van der Waals surface area (Å²) in [5.74, 6) is -0.815. The molecule has 0 fully saturated rings. The van der Waals surface area contributed by atoms with Gasteiger partial charge < -0.3 is 29.7 Å². The summed E-state index contributed by atoms with van der Waals surface area (Å²) < 4.78 is 12.0. The van der Waals surface area contributed by atoms with E-state index in [1.54, 1.807) is 73.3 Å². The molecule has 8 rings (SSSR count). The number of ether oxygens (including phenoxy) is 2. The van der Waals surface area contributed by atoms with Gasteiger partial charge in [-0.2, -0.15) is 0 Å². The minimum absolute atomic E-state index is 0.0422. The predicted molar refractivity (Wildman–Crippen MR) is 247 cm³/mol. The first-order valence-corrected chi connectivity index (χ1v) is 20.3. The molecule has 0 spiro atoms. The van der Waals surface area contributed by atoms with E-state index in [1.807, 2.05) is 66.7 Å². The Hall–Kier alpha value is -7.13. The van der Waals surface area contributed by atoms with Gasteiger partial charge >= 0.3 is 19.1 Å². The van der Waals surface area contributed by atoms with Crippen molar-refractivity contribution >= 4 is 59.3 Å². The molecule has 0 bridgehead atoms. The molecule has 8 aromatic rings. The van der Waals surface area contributed by atoms with Gasteiger partial charge in [-0.25, -0.2) is 14.6 Å². The zero-order chi connectivity index (χ0) is 45.4. The lowest BCUT2D eigenvalue weighted by molar-refractivity contribution is 0.0686. The number of benzene rings is 6. The van der Waals surface area contributed by atoms with Gasteiger partial charge in [0.1, 0.15) is 36.1 Å². The molecule has 0 aliphatic carbocycles. The molecular formula is C48H36BCl3N4O8. The Balaban J connectivity index is 0.000000175. The molecule has 0 saturated heterocycles. The van der Waals surface area contributed by atoms with Crippen molar-refractivity contribution < 1.29 is 39.3 Å². The molecule has 4 N–H and O–H groups in total. The van der Waals surface area contributed by atoms with Crippen molar-refractivity contribution in [2.24, 2.45) is 0 Å². The third-order valence-corrected chi connectivity index (χ3v) is 9.78. The molecule has 0 aliphatic rings. The van der Waals surface area contributed by atoms with Crippen LogP contribution in [-0.2, 0) is 13.2 Å². The van der Waals surface area contributed by atoms with Gasteiger partial charge in [0, 0.05) is 51.5 Å². The van der Waals surface area contributed by atoms with Gasteiger partial charge in [-0.15, -0.1) is 0 Å². The number of hydrogen-bond donors (Lipinski definition) is 4. The second-order valence-corrected chi connectivity index (χ2v) is 14.7. The topological polar surface area (TPSA) is 185 Å². The number of carbonyl (C=O) groups is 2. The summed E-state index contributed by atoms with van der Waals surface area (Å²) in [6, 6.07) is 42.5. The van der Waals surface area contributed by atoms with Crippen LogP contribution in [0.4, 0.5) is 0 Å². The summed E-state index contributed by atoms with van der Waals surface area (Å²) in [5, 5.41) is 36.7. The zero-order valence-corrected chi connectivity index (χ0v) is 35.8. The highest BCUT2D eigenvalue weighted by molar-refractivity contribution is 6.58. The van der Waals surface area contributed by atoms with Crippen LogP contribution < -0.4 is 14.9 Å². The van der Waals surface area contributed by atoms with E-state index < -0.39 is 19.1 Å². The molecule has 0 saturated carbocycles. The first kappa shape index (κ1) is 46.4. The first-order chi connectivity index (χ1) is 31.0. The number of carboxylic acids is 2. The number of hydrogen-bond acceptors (Lipinski definition) is 10. The van der Waals surface area contributed by atoms with E-state index in [-0.39, 0.29) is 16.6 Å². The van der Waals surface area contributed by atoms with Gasteiger partial charge in [0.25, 0.3) is 0 Å². The van der Waals surface area contributed by atoms with Crippen molar-refractivity contribution in [3.63, 3.8) is 0 Å². The van der Waals surface area contributed by atoms with Gasteiger partial charge in [-0.3, -0.25) is 15.0 Å². The van der Waals surface area contributed by atoms with Crippen LogP contribution in [0.15, 0.2) is 170 Å². The quantitative estimate of drug-likeness (QED) is 0.0852. The van der Waals surface area contributed by atoms with Crippen LogP contribution in [0.5, 0.6) is 11.5 Å². The van der Waals surface area contributed by atoms with Crippen LogP contribution in [0.25, 0.3) is 33.8 Å². The van der Waals surface area contributed by atoms with Crippen LogP contribution in [0.1, 0.15) is 31.8 Å². The average Bonchev–Trinajstić information content (AvgIpc) is 3.32. The number of carboxylic acid groups (broad SMARTS) is 2. The highest BCUT2D eigenvalue weighted by Crippen LogP contribution is 2.37. The summed E-state index contributed by atoms with van der Waals surface area (Å²) in [4.78, 5) is 39.1. The highest BCUT2D eigenvalue weighted by atomic mass is 35.5. The van der Waals surface area contributed by atoms with E-state index in [1.165, 1.54) is 30.3 Å². The van der Waals surface area contributed by atoms with E-state index in [2.05, 4.69) is 19.9 Å². The Morgan fingerprint density at radius 3 is 1.48 bits per heavy atom. The molecule has 2 aromatic heterocycles. The monoisotopic (exact) mass is 912 g/mol. The molecule has 0 unspecified atom stereocenters. The molecule has 12 nitrogen and oxygen atoms in total. The van der Waals surface area contributed by atoms with Crippen molar-refractivity contribution in [1.82, 2.24) is 19.9 Å². The minimum atomic E-state index is -1.62. The van der Waals surface area contributed by atoms with Crippen LogP contribution >= 0.6 is 34.8 Å². The highest BCUT2D eigenvalue weighted by Gasteiger charge is 2.18. The van der Waals surface area contributed by atoms with Crippen molar-refractivity contribution in [2.75, 3.05) is 0 Å². The average molecular weight is 914 g/mol. The number of rotatable bonds is 12. The second kappa shape index (κ2) is 22.8. The summed E-state index contributed by atoms with van der Waals surface area (Å²) in [5.41, 5.74) is 6.22. The summed E-state index contributed by atoms with van der Waals surface area (Å²) >= 11 is 18.5. The van der Waals surface area contributed by atoms with Crippen molar-refractivity contribution in [3.05, 3.63) is 208 Å². The van der Waals surface area contributed by atoms with Gasteiger partial charge in [0.2, 0.25) is 0 Å². The lowest BCUT2D eigenvalue weighted by Crippen LogP contribution is -2.30. The SMILES string of the molecule is Clc1ccc(OCc2ccccc2)c(-c2nccnc2Cl)c1.O=C(O)c1cccc(-c2nccnc2-c2cc(Cl)ccc2OCc2ccccc2)c1.O=C(O)c1cccc(B(O)O)c1. The zero-order valence-electron chi connectivity index (χ0n) is 33.5. The van der Waals surface area contributed by atoms with Crippen LogP contribution in [0.2, 0.25) is 15.2 Å². The van der Waals surface area contributed by atoms with Gasteiger partial charge in [-0.05, 0) is 77.3 Å². The molecule has 16 heteroatoms. The maximum atomic E-state index is 11.4. The lowest BCUT2D eigenvalue weighted by Gasteiger charge is -2.14.